The van der Waals surface area contributed by atoms with E-state index < -0.39 is 0 Å². The first-order chi connectivity index (χ1) is 19.0. The number of carbonyl (C=O) groups is 1. The number of rotatable bonds is 6. The molecule has 194 valence electrons. The van der Waals surface area contributed by atoms with Crippen LogP contribution in [-0.4, -0.2) is 20.6 Å². The highest BCUT2D eigenvalue weighted by atomic mass is 32.1. The van der Waals surface area contributed by atoms with Gasteiger partial charge in [0.1, 0.15) is 6.04 Å². The van der Waals surface area contributed by atoms with Crippen LogP contribution in [0.1, 0.15) is 42.4 Å². The average molecular weight is 532 g/mol. The average Bonchev–Trinajstić information content (AvgIpc) is 3.58. The fourth-order valence-electron chi connectivity index (χ4n) is 5.31. The predicted octanol–water partition coefficient (Wildman–Crippen LogP) is 6.86. The molecule has 0 spiro atoms. The zero-order valence-electron chi connectivity index (χ0n) is 21.8. The summed E-state index contributed by atoms with van der Waals surface area (Å²) in [6, 6.07) is 30.8. The van der Waals surface area contributed by atoms with Crippen LogP contribution in [0.3, 0.4) is 0 Å². The van der Waals surface area contributed by atoms with Crippen molar-refractivity contribution in [1.29, 1.82) is 0 Å². The minimum atomic E-state index is -0.163. The largest absolute Gasteiger partial charge is 0.351 e. The van der Waals surface area contributed by atoms with E-state index in [1.807, 2.05) is 50.4 Å². The van der Waals surface area contributed by atoms with Crippen molar-refractivity contribution in [2.75, 3.05) is 10.2 Å². The lowest BCUT2D eigenvalue weighted by Gasteiger charge is -2.29. The number of aryl methyl sites for hydroxylation is 1. The molecule has 2 atom stereocenters. The molecule has 1 aliphatic heterocycles. The second kappa shape index (κ2) is 10.3. The van der Waals surface area contributed by atoms with Gasteiger partial charge in [-0.25, -0.2) is 0 Å². The number of benzene rings is 3. The number of hydrogen-bond acceptors (Lipinski definition) is 3. The minimum Gasteiger partial charge on any atom is -0.351 e. The number of pyridine rings is 1. The molecule has 2 aromatic heterocycles. The van der Waals surface area contributed by atoms with Crippen molar-refractivity contribution in [2.45, 2.75) is 32.4 Å². The smallest absolute Gasteiger partial charge is 0.224 e. The monoisotopic (exact) mass is 531 g/mol. The molecule has 0 saturated carbocycles. The summed E-state index contributed by atoms with van der Waals surface area (Å²) in [5.41, 5.74) is 5.83. The van der Waals surface area contributed by atoms with Gasteiger partial charge in [-0.3, -0.25) is 9.78 Å². The summed E-state index contributed by atoms with van der Waals surface area (Å²) in [6.07, 6.45) is 4.35. The Hall–Kier alpha value is -4.49. The van der Waals surface area contributed by atoms with Crippen LogP contribution in [0.25, 0.3) is 16.5 Å². The Morgan fingerprint density at radius 3 is 2.51 bits per heavy atom. The zero-order valence-corrected chi connectivity index (χ0v) is 22.7. The lowest BCUT2D eigenvalue weighted by Crippen LogP contribution is -2.30. The van der Waals surface area contributed by atoms with Crippen molar-refractivity contribution in [1.82, 2.24) is 14.9 Å². The molecule has 0 radical (unpaired) electrons. The number of nitrogens with zero attached hydrogens (tertiary/aromatic N) is 3. The number of amides is 1. The van der Waals surface area contributed by atoms with E-state index in [0.29, 0.717) is 11.5 Å². The highest BCUT2D eigenvalue weighted by molar-refractivity contribution is 7.80. The van der Waals surface area contributed by atoms with E-state index >= 15 is 0 Å². The number of nitrogens with one attached hydrogen (secondary N) is 2. The lowest BCUT2D eigenvalue weighted by atomic mass is 10.00. The summed E-state index contributed by atoms with van der Waals surface area (Å²) in [4.78, 5) is 18.9. The van der Waals surface area contributed by atoms with Crippen molar-refractivity contribution in [2.24, 2.45) is 0 Å². The molecule has 3 aromatic carbocycles. The molecular weight excluding hydrogens is 502 g/mol. The van der Waals surface area contributed by atoms with E-state index in [2.05, 4.69) is 87.0 Å². The number of carbonyl (C=O) groups excluding carboxylic acids is 1. The van der Waals surface area contributed by atoms with Crippen molar-refractivity contribution < 1.29 is 4.79 Å². The molecule has 1 amide bonds. The van der Waals surface area contributed by atoms with Crippen LogP contribution in [-0.2, 0) is 4.79 Å². The Labute approximate surface area is 233 Å². The third-order valence-electron chi connectivity index (χ3n) is 7.28. The van der Waals surface area contributed by atoms with Crippen LogP contribution < -0.4 is 15.5 Å². The van der Waals surface area contributed by atoms with E-state index in [1.54, 1.807) is 0 Å². The molecule has 1 aliphatic rings. The molecule has 6 nitrogen and oxygen atoms in total. The summed E-state index contributed by atoms with van der Waals surface area (Å²) in [5, 5.41) is 9.57. The molecule has 1 saturated heterocycles. The van der Waals surface area contributed by atoms with Gasteiger partial charge in [-0.2, -0.15) is 0 Å². The predicted molar refractivity (Wildman–Crippen MR) is 161 cm³/mol. The first-order valence-corrected chi connectivity index (χ1v) is 13.5. The molecule has 3 heterocycles. The zero-order chi connectivity index (χ0) is 26.9. The van der Waals surface area contributed by atoms with Crippen LogP contribution in [0.5, 0.6) is 0 Å². The van der Waals surface area contributed by atoms with Gasteiger partial charge in [-0.1, -0.05) is 43.3 Å². The van der Waals surface area contributed by atoms with Crippen LogP contribution in [0.2, 0.25) is 0 Å². The third kappa shape index (κ3) is 4.66. The fourth-order valence-corrected chi connectivity index (χ4v) is 5.65. The second-order valence-corrected chi connectivity index (χ2v) is 10.1. The van der Waals surface area contributed by atoms with E-state index in [9.17, 15) is 4.79 Å². The van der Waals surface area contributed by atoms with Gasteiger partial charge in [-0.05, 0) is 90.1 Å². The van der Waals surface area contributed by atoms with Gasteiger partial charge in [-0.15, -0.1) is 0 Å². The SMILES string of the molecule is CCC(=O)Nc1ccc(N2C(=S)N[C@@H](c3ccccn3)[C@H]2c2cccn2-c2ccc3ccccc3c2)cc1C. The molecule has 5 aromatic rings. The van der Waals surface area contributed by atoms with Crippen molar-refractivity contribution >= 4 is 45.4 Å². The Bertz CT molecular complexity index is 1680. The summed E-state index contributed by atoms with van der Waals surface area (Å²) >= 11 is 5.95. The van der Waals surface area contributed by atoms with Crippen LogP contribution in [0.15, 0.2) is 103 Å². The van der Waals surface area contributed by atoms with Gasteiger partial charge >= 0.3 is 0 Å². The number of anilines is 2. The standard InChI is InChI=1S/C32H29N5OS/c1-3-29(38)34-26-16-15-25(19-21(26)2)37-31(30(35-32(37)39)27-11-6-7-17-33-27)28-12-8-18-36(28)24-14-13-22-9-4-5-10-23(22)20-24/h4-20,30-31H,3H2,1-2H3,(H,34,38)(H,35,39)/t30-,31+/m0/s1. The van der Waals surface area contributed by atoms with Crippen LogP contribution >= 0.6 is 12.2 Å². The van der Waals surface area contributed by atoms with Gasteiger partial charge in [0, 0.05) is 41.6 Å². The highest BCUT2D eigenvalue weighted by Crippen LogP contribution is 2.43. The Kier molecular flexibility index (Phi) is 6.59. The van der Waals surface area contributed by atoms with Gasteiger partial charge in [0.25, 0.3) is 0 Å². The summed E-state index contributed by atoms with van der Waals surface area (Å²) in [7, 11) is 0. The maximum atomic E-state index is 12.0. The fraction of sp³-hybridized carbons (Fsp3) is 0.156. The molecule has 7 heteroatoms. The van der Waals surface area contributed by atoms with Crippen molar-refractivity contribution in [3.63, 3.8) is 0 Å². The van der Waals surface area contributed by atoms with E-state index in [0.717, 1.165) is 34.0 Å². The highest BCUT2D eigenvalue weighted by Gasteiger charge is 2.42. The topological polar surface area (TPSA) is 62.2 Å². The molecule has 1 fully saturated rings. The van der Waals surface area contributed by atoms with E-state index in [4.69, 9.17) is 17.2 Å². The molecule has 0 bridgehead atoms. The van der Waals surface area contributed by atoms with Gasteiger partial charge < -0.3 is 20.1 Å². The molecule has 39 heavy (non-hydrogen) atoms. The Morgan fingerprint density at radius 1 is 0.949 bits per heavy atom. The lowest BCUT2D eigenvalue weighted by molar-refractivity contribution is -0.115. The quantitative estimate of drug-likeness (QED) is 0.234. The molecule has 0 aliphatic carbocycles. The number of thiocarbonyl (C=S) groups is 1. The van der Waals surface area contributed by atoms with E-state index in [-0.39, 0.29) is 18.0 Å². The normalized spacial score (nSPS) is 16.9. The maximum Gasteiger partial charge on any atom is 0.224 e. The van der Waals surface area contributed by atoms with Crippen molar-refractivity contribution in [3.8, 4) is 5.69 Å². The third-order valence-corrected chi connectivity index (χ3v) is 7.59. The molecular formula is C32H29N5OS. The maximum absolute atomic E-state index is 12.0. The number of aromatic nitrogens is 2. The summed E-state index contributed by atoms with van der Waals surface area (Å²) < 4.78 is 2.23. The first kappa shape index (κ1) is 24.8. The van der Waals surface area contributed by atoms with Crippen molar-refractivity contribution in [3.05, 3.63) is 120 Å². The van der Waals surface area contributed by atoms with Crippen LogP contribution in [0, 0.1) is 6.92 Å². The number of hydrogen-bond donors (Lipinski definition) is 2. The minimum absolute atomic E-state index is 0.00878. The Balaban J connectivity index is 1.46. The Morgan fingerprint density at radius 2 is 1.74 bits per heavy atom. The number of fused-ring (bicyclic) bond motifs is 1. The molecule has 6 rings (SSSR count). The summed E-state index contributed by atoms with van der Waals surface area (Å²) in [5.74, 6) is -0.00878. The van der Waals surface area contributed by atoms with Gasteiger partial charge in [0.05, 0.1) is 11.7 Å². The van der Waals surface area contributed by atoms with Gasteiger partial charge in [0.2, 0.25) is 5.91 Å². The molecule has 0 unspecified atom stereocenters. The van der Waals surface area contributed by atoms with Gasteiger partial charge in [0.15, 0.2) is 5.11 Å². The molecule has 2 N–H and O–H groups in total. The van der Waals surface area contributed by atoms with E-state index in [1.165, 1.54) is 10.8 Å². The second-order valence-electron chi connectivity index (χ2n) is 9.73. The van der Waals surface area contributed by atoms with Crippen LogP contribution in [0.4, 0.5) is 11.4 Å². The first-order valence-electron chi connectivity index (χ1n) is 13.1. The summed E-state index contributed by atoms with van der Waals surface area (Å²) in [6.45, 7) is 3.85.